The van der Waals surface area contributed by atoms with Crippen LogP contribution in [0.1, 0.15) is 24.4 Å². The summed E-state index contributed by atoms with van der Waals surface area (Å²) >= 11 is 3.30. The highest BCUT2D eigenvalue weighted by Gasteiger charge is 2.33. The van der Waals surface area contributed by atoms with Crippen molar-refractivity contribution >= 4 is 27.8 Å². The van der Waals surface area contributed by atoms with Gasteiger partial charge in [0.25, 0.3) is 0 Å². The van der Waals surface area contributed by atoms with Gasteiger partial charge in [0.2, 0.25) is 5.91 Å². The standard InChI is InChI=1S/C13H14BrNO4/c1-19-10-5-4-8(6-9(10)14)11(13(17)18)15-12(16)7-2-3-7/h4-7,11H,2-3H2,1H3,(H,15,16)(H,17,18). The fraction of sp³-hybridized carbons (Fsp3) is 0.385. The van der Waals surface area contributed by atoms with Crippen molar-refractivity contribution in [2.75, 3.05) is 7.11 Å². The largest absolute Gasteiger partial charge is 0.496 e. The van der Waals surface area contributed by atoms with Crippen LogP contribution in [0.4, 0.5) is 0 Å². The minimum absolute atomic E-state index is 0.0245. The molecule has 0 aromatic heterocycles. The fourth-order valence-electron chi connectivity index (χ4n) is 1.76. The number of aliphatic carboxylic acids is 1. The molecule has 1 atom stereocenters. The summed E-state index contributed by atoms with van der Waals surface area (Å²) in [5.74, 6) is -0.685. The number of nitrogens with one attached hydrogen (secondary N) is 1. The minimum Gasteiger partial charge on any atom is -0.496 e. The molecule has 1 aliphatic carbocycles. The van der Waals surface area contributed by atoms with E-state index in [9.17, 15) is 14.7 Å². The number of halogens is 1. The number of carboxylic acid groups (broad SMARTS) is 1. The van der Waals surface area contributed by atoms with E-state index in [1.165, 1.54) is 7.11 Å². The van der Waals surface area contributed by atoms with E-state index in [1.807, 2.05) is 0 Å². The van der Waals surface area contributed by atoms with Crippen LogP contribution < -0.4 is 10.1 Å². The average Bonchev–Trinajstić information content (AvgIpc) is 3.19. The van der Waals surface area contributed by atoms with Crippen molar-refractivity contribution in [3.8, 4) is 5.75 Å². The molecule has 1 saturated carbocycles. The van der Waals surface area contributed by atoms with Gasteiger partial charge in [-0.1, -0.05) is 6.07 Å². The summed E-state index contributed by atoms with van der Waals surface area (Å²) < 4.78 is 5.74. The molecule has 0 aliphatic heterocycles. The number of methoxy groups -OCH3 is 1. The molecule has 1 aromatic carbocycles. The Labute approximate surface area is 119 Å². The molecule has 6 heteroatoms. The lowest BCUT2D eigenvalue weighted by molar-refractivity contribution is -0.142. The van der Waals surface area contributed by atoms with Crippen molar-refractivity contribution in [2.24, 2.45) is 5.92 Å². The van der Waals surface area contributed by atoms with Gasteiger partial charge >= 0.3 is 5.97 Å². The Kier molecular flexibility index (Phi) is 4.09. The van der Waals surface area contributed by atoms with E-state index in [1.54, 1.807) is 18.2 Å². The van der Waals surface area contributed by atoms with E-state index in [2.05, 4.69) is 21.2 Å². The van der Waals surface area contributed by atoms with Crippen LogP contribution in [0.2, 0.25) is 0 Å². The van der Waals surface area contributed by atoms with Crippen LogP contribution in [0.25, 0.3) is 0 Å². The molecule has 5 nitrogen and oxygen atoms in total. The van der Waals surface area contributed by atoms with Crippen molar-refractivity contribution in [1.82, 2.24) is 5.32 Å². The van der Waals surface area contributed by atoms with Crippen LogP contribution in [-0.4, -0.2) is 24.1 Å². The Bertz CT molecular complexity index is 513. The molecule has 1 amide bonds. The monoisotopic (exact) mass is 327 g/mol. The molecule has 0 heterocycles. The number of benzene rings is 1. The molecule has 1 aromatic rings. The van der Waals surface area contributed by atoms with Crippen LogP contribution >= 0.6 is 15.9 Å². The lowest BCUT2D eigenvalue weighted by Crippen LogP contribution is -2.34. The normalized spacial score (nSPS) is 15.7. The van der Waals surface area contributed by atoms with Crippen molar-refractivity contribution in [2.45, 2.75) is 18.9 Å². The Balaban J connectivity index is 2.20. The van der Waals surface area contributed by atoms with E-state index in [4.69, 9.17) is 4.74 Å². The molecule has 19 heavy (non-hydrogen) atoms. The van der Waals surface area contributed by atoms with Crippen molar-refractivity contribution < 1.29 is 19.4 Å². The second-order valence-corrected chi connectivity index (χ2v) is 5.30. The molecule has 2 rings (SSSR count). The maximum atomic E-state index is 11.7. The van der Waals surface area contributed by atoms with E-state index < -0.39 is 12.0 Å². The Morgan fingerprint density at radius 2 is 2.16 bits per heavy atom. The molecule has 0 saturated heterocycles. The lowest BCUT2D eigenvalue weighted by atomic mass is 10.1. The summed E-state index contributed by atoms with van der Waals surface area (Å²) in [6.07, 6.45) is 1.68. The Morgan fingerprint density at radius 1 is 1.47 bits per heavy atom. The first-order valence-corrected chi connectivity index (χ1v) is 6.69. The van der Waals surface area contributed by atoms with Crippen LogP contribution in [0.3, 0.4) is 0 Å². The quantitative estimate of drug-likeness (QED) is 0.868. The fourth-order valence-corrected chi connectivity index (χ4v) is 2.31. The van der Waals surface area contributed by atoms with Crippen LogP contribution in [0, 0.1) is 5.92 Å². The summed E-state index contributed by atoms with van der Waals surface area (Å²) in [6.45, 7) is 0. The molecule has 1 fully saturated rings. The van der Waals surface area contributed by atoms with Crippen LogP contribution in [0.5, 0.6) is 5.75 Å². The van der Waals surface area contributed by atoms with E-state index in [0.29, 0.717) is 15.8 Å². The number of ether oxygens (including phenoxy) is 1. The number of hydrogen-bond acceptors (Lipinski definition) is 3. The first kappa shape index (κ1) is 13.9. The van der Waals surface area contributed by atoms with Crippen LogP contribution in [0.15, 0.2) is 22.7 Å². The first-order chi connectivity index (χ1) is 9.02. The number of hydrogen-bond donors (Lipinski definition) is 2. The number of rotatable bonds is 5. The highest BCUT2D eigenvalue weighted by molar-refractivity contribution is 9.10. The minimum atomic E-state index is -1.08. The zero-order chi connectivity index (χ0) is 14.0. The molecule has 0 radical (unpaired) electrons. The maximum Gasteiger partial charge on any atom is 0.330 e. The van der Waals surface area contributed by atoms with Crippen molar-refractivity contribution in [1.29, 1.82) is 0 Å². The van der Waals surface area contributed by atoms with Gasteiger partial charge < -0.3 is 15.2 Å². The SMILES string of the molecule is COc1ccc(C(NC(=O)C2CC2)C(=O)O)cc1Br. The van der Waals surface area contributed by atoms with Gasteiger partial charge in [-0.15, -0.1) is 0 Å². The van der Waals surface area contributed by atoms with E-state index in [0.717, 1.165) is 12.8 Å². The van der Waals surface area contributed by atoms with E-state index >= 15 is 0 Å². The molecular formula is C13H14BrNO4. The summed E-state index contributed by atoms with van der Waals surface area (Å²) in [5.41, 5.74) is 0.508. The predicted molar refractivity (Wildman–Crippen MR) is 71.9 cm³/mol. The smallest absolute Gasteiger partial charge is 0.330 e. The predicted octanol–water partition coefficient (Wildman–Crippen LogP) is 2.11. The highest BCUT2D eigenvalue weighted by atomic mass is 79.9. The zero-order valence-corrected chi connectivity index (χ0v) is 11.9. The molecule has 102 valence electrons. The number of carbonyl (C=O) groups is 2. The van der Waals surface area contributed by atoms with Crippen LogP contribution in [-0.2, 0) is 9.59 Å². The molecule has 1 unspecified atom stereocenters. The van der Waals surface area contributed by atoms with Gasteiger partial charge in [-0.25, -0.2) is 4.79 Å². The molecule has 0 bridgehead atoms. The number of carboxylic acids is 1. The van der Waals surface area contributed by atoms with Gasteiger partial charge in [-0.05, 0) is 46.5 Å². The zero-order valence-electron chi connectivity index (χ0n) is 10.4. The first-order valence-electron chi connectivity index (χ1n) is 5.89. The third kappa shape index (κ3) is 3.26. The lowest BCUT2D eigenvalue weighted by Gasteiger charge is -2.16. The van der Waals surface area contributed by atoms with E-state index in [-0.39, 0.29) is 11.8 Å². The number of amides is 1. The Morgan fingerprint density at radius 3 is 2.63 bits per heavy atom. The van der Waals surface area contributed by atoms with Gasteiger partial charge in [0.1, 0.15) is 5.75 Å². The summed E-state index contributed by atoms with van der Waals surface area (Å²) in [7, 11) is 1.53. The van der Waals surface area contributed by atoms with Gasteiger partial charge in [-0.3, -0.25) is 4.79 Å². The third-order valence-corrected chi connectivity index (χ3v) is 3.61. The van der Waals surface area contributed by atoms with Crippen molar-refractivity contribution in [3.63, 3.8) is 0 Å². The second kappa shape index (κ2) is 5.61. The molecule has 2 N–H and O–H groups in total. The molecule has 0 spiro atoms. The number of carbonyl (C=O) groups excluding carboxylic acids is 1. The summed E-state index contributed by atoms with van der Waals surface area (Å²) in [6, 6.07) is 3.91. The Hall–Kier alpha value is -1.56. The summed E-state index contributed by atoms with van der Waals surface area (Å²) in [5, 5.41) is 11.8. The molecular weight excluding hydrogens is 314 g/mol. The highest BCUT2D eigenvalue weighted by Crippen LogP contribution is 2.31. The topological polar surface area (TPSA) is 75.6 Å². The van der Waals surface area contributed by atoms with Gasteiger partial charge in [0.15, 0.2) is 6.04 Å². The average molecular weight is 328 g/mol. The second-order valence-electron chi connectivity index (χ2n) is 4.45. The maximum absolute atomic E-state index is 11.7. The van der Waals surface area contributed by atoms with Gasteiger partial charge in [-0.2, -0.15) is 0 Å². The van der Waals surface area contributed by atoms with Crippen molar-refractivity contribution in [3.05, 3.63) is 28.2 Å². The summed E-state index contributed by atoms with van der Waals surface area (Å²) in [4.78, 5) is 23.0. The third-order valence-electron chi connectivity index (χ3n) is 2.99. The molecule has 1 aliphatic rings. The van der Waals surface area contributed by atoms with Gasteiger partial charge in [0, 0.05) is 5.92 Å². The van der Waals surface area contributed by atoms with Gasteiger partial charge in [0.05, 0.1) is 11.6 Å².